The molecule has 4 aromatic carbocycles. The quantitative estimate of drug-likeness (QED) is 0.144. The minimum absolute atomic E-state index is 0.0312. The van der Waals surface area contributed by atoms with E-state index in [9.17, 15) is 8.78 Å². The van der Waals surface area contributed by atoms with E-state index in [4.69, 9.17) is 14.2 Å². The summed E-state index contributed by atoms with van der Waals surface area (Å²) in [6.07, 6.45) is -0.366. The number of benzene rings is 4. The van der Waals surface area contributed by atoms with Gasteiger partial charge in [-0.25, -0.2) is 8.78 Å². The van der Waals surface area contributed by atoms with E-state index in [0.29, 0.717) is 44.7 Å². The molecule has 0 aromatic heterocycles. The molecular weight excluding hydrogens is 600 g/mol. The van der Waals surface area contributed by atoms with Gasteiger partial charge in [0.2, 0.25) is 0 Å². The standard InChI is InChI=1S/C35H36BrF2NO3/c36-21-32-34(41-24-28-12-6-2-7-13-28)35(42-25-29-14-8-3-9-15-29)33(40-23-27-10-4-1-5-11-27)22-39(32)19-18-26-16-17-30(37)31(38)20-26/h1-17,20,32-35H,18-19,21-25H2/t32-,33+,34-,35-/m1/s1. The van der Waals surface area contributed by atoms with Gasteiger partial charge in [0, 0.05) is 24.5 Å². The van der Waals surface area contributed by atoms with Crippen LogP contribution in [-0.2, 0) is 40.5 Å². The van der Waals surface area contributed by atoms with Crippen molar-refractivity contribution in [2.45, 2.75) is 50.6 Å². The molecule has 0 amide bonds. The van der Waals surface area contributed by atoms with Gasteiger partial charge in [-0.15, -0.1) is 0 Å². The van der Waals surface area contributed by atoms with E-state index in [1.54, 1.807) is 6.07 Å². The number of nitrogens with zero attached hydrogens (tertiary/aromatic N) is 1. The van der Waals surface area contributed by atoms with E-state index < -0.39 is 11.6 Å². The van der Waals surface area contributed by atoms with Crippen LogP contribution >= 0.6 is 15.9 Å². The fraction of sp³-hybridized carbons (Fsp3) is 0.314. The third kappa shape index (κ3) is 8.33. The Bertz CT molecular complexity index is 1360. The van der Waals surface area contributed by atoms with Gasteiger partial charge in [-0.1, -0.05) is 113 Å². The third-order valence-corrected chi connectivity index (χ3v) is 8.32. The van der Waals surface area contributed by atoms with Gasteiger partial charge in [0.05, 0.1) is 25.9 Å². The number of halogens is 3. The zero-order chi connectivity index (χ0) is 29.1. The van der Waals surface area contributed by atoms with E-state index in [2.05, 4.69) is 45.1 Å². The molecule has 4 nitrogen and oxygen atoms in total. The largest absolute Gasteiger partial charge is 0.369 e. The molecule has 0 aliphatic carbocycles. The van der Waals surface area contributed by atoms with Gasteiger partial charge < -0.3 is 14.2 Å². The van der Waals surface area contributed by atoms with Crippen molar-refractivity contribution in [3.63, 3.8) is 0 Å². The molecule has 0 N–H and O–H groups in total. The number of hydrogen-bond acceptors (Lipinski definition) is 4. The summed E-state index contributed by atoms with van der Waals surface area (Å²) in [6, 6.07) is 34.4. The zero-order valence-electron chi connectivity index (χ0n) is 23.5. The third-order valence-electron chi connectivity index (χ3n) is 7.66. The molecular formula is C35H36BrF2NO3. The monoisotopic (exact) mass is 635 g/mol. The van der Waals surface area contributed by atoms with Crippen molar-refractivity contribution < 1.29 is 23.0 Å². The Morgan fingerprint density at radius 1 is 0.619 bits per heavy atom. The Kier molecular flexibility index (Phi) is 11.3. The molecule has 7 heteroatoms. The first-order chi connectivity index (χ1) is 20.6. The predicted octanol–water partition coefficient (Wildman–Crippen LogP) is 7.34. The Balaban J connectivity index is 1.40. The number of piperidine rings is 1. The molecule has 220 valence electrons. The fourth-order valence-electron chi connectivity index (χ4n) is 5.39. The topological polar surface area (TPSA) is 30.9 Å². The molecule has 4 aromatic rings. The van der Waals surface area contributed by atoms with Gasteiger partial charge in [-0.05, 0) is 40.8 Å². The molecule has 0 saturated carbocycles. The predicted molar refractivity (Wildman–Crippen MR) is 164 cm³/mol. The molecule has 1 heterocycles. The van der Waals surface area contributed by atoms with Crippen LogP contribution in [0.4, 0.5) is 8.78 Å². The first kappa shape index (κ1) is 30.5. The van der Waals surface area contributed by atoms with E-state index in [-0.39, 0.29) is 24.4 Å². The van der Waals surface area contributed by atoms with Gasteiger partial charge in [0.25, 0.3) is 0 Å². The van der Waals surface area contributed by atoms with Crippen molar-refractivity contribution >= 4 is 15.9 Å². The number of hydrogen-bond donors (Lipinski definition) is 0. The lowest BCUT2D eigenvalue weighted by molar-refractivity contribution is -0.199. The molecule has 0 bridgehead atoms. The summed E-state index contributed by atoms with van der Waals surface area (Å²) < 4.78 is 47.5. The van der Waals surface area contributed by atoms with Crippen LogP contribution in [0.15, 0.2) is 109 Å². The highest BCUT2D eigenvalue weighted by Crippen LogP contribution is 2.30. The maximum Gasteiger partial charge on any atom is 0.159 e. The van der Waals surface area contributed by atoms with Gasteiger partial charge in [0.1, 0.15) is 12.2 Å². The molecule has 1 aliphatic rings. The van der Waals surface area contributed by atoms with Crippen LogP contribution in [0.2, 0.25) is 0 Å². The molecule has 42 heavy (non-hydrogen) atoms. The Morgan fingerprint density at radius 2 is 1.14 bits per heavy atom. The maximum absolute atomic E-state index is 14.0. The summed E-state index contributed by atoms with van der Waals surface area (Å²) in [4.78, 5) is 2.32. The molecule has 0 radical (unpaired) electrons. The Labute approximate surface area is 255 Å². The average molecular weight is 637 g/mol. The summed E-state index contributed by atoms with van der Waals surface area (Å²) in [6.45, 7) is 2.55. The van der Waals surface area contributed by atoms with Crippen molar-refractivity contribution in [2.24, 2.45) is 0 Å². The Hall–Kier alpha value is -2.94. The molecule has 0 spiro atoms. The second-order valence-corrected chi connectivity index (χ2v) is 11.2. The van der Waals surface area contributed by atoms with Crippen LogP contribution in [0.1, 0.15) is 22.3 Å². The second kappa shape index (κ2) is 15.5. The lowest BCUT2D eigenvalue weighted by Crippen LogP contribution is -2.64. The highest BCUT2D eigenvalue weighted by molar-refractivity contribution is 9.09. The van der Waals surface area contributed by atoms with E-state index in [1.165, 1.54) is 12.1 Å². The minimum atomic E-state index is -0.836. The second-order valence-electron chi connectivity index (χ2n) is 10.6. The first-order valence-electron chi connectivity index (χ1n) is 14.3. The van der Waals surface area contributed by atoms with Gasteiger partial charge >= 0.3 is 0 Å². The summed E-state index contributed by atoms with van der Waals surface area (Å²) in [5, 5.41) is 0.654. The molecule has 1 saturated heterocycles. The SMILES string of the molecule is Fc1ccc(CCN2C[C@H](OCc3ccccc3)[C@@H](OCc3ccccc3)[C@H](OCc3ccccc3)[C@H]2CBr)cc1F. The fourth-order valence-corrected chi connectivity index (χ4v) is 6.16. The molecule has 1 fully saturated rings. The molecule has 1 aliphatic heterocycles. The minimum Gasteiger partial charge on any atom is -0.369 e. The van der Waals surface area contributed by atoms with Crippen LogP contribution in [0, 0.1) is 11.6 Å². The number of alkyl halides is 1. The van der Waals surface area contributed by atoms with Gasteiger partial charge in [0.15, 0.2) is 11.6 Å². The van der Waals surface area contributed by atoms with Crippen LogP contribution in [-0.4, -0.2) is 47.7 Å². The van der Waals surface area contributed by atoms with Gasteiger partial charge in [-0.2, -0.15) is 0 Å². The number of likely N-dealkylation sites (tertiary alicyclic amines) is 1. The molecule has 0 unspecified atom stereocenters. The molecule has 4 atom stereocenters. The van der Waals surface area contributed by atoms with Crippen LogP contribution in [0.25, 0.3) is 0 Å². The van der Waals surface area contributed by atoms with Crippen molar-refractivity contribution in [3.05, 3.63) is 143 Å². The average Bonchev–Trinajstić information content (AvgIpc) is 3.04. The summed E-state index contributed by atoms with van der Waals surface area (Å²) in [5.41, 5.74) is 3.98. The Morgan fingerprint density at radius 3 is 1.67 bits per heavy atom. The smallest absolute Gasteiger partial charge is 0.159 e. The van der Waals surface area contributed by atoms with Crippen molar-refractivity contribution in [1.29, 1.82) is 0 Å². The van der Waals surface area contributed by atoms with Crippen LogP contribution < -0.4 is 0 Å². The summed E-state index contributed by atoms with van der Waals surface area (Å²) >= 11 is 3.76. The van der Waals surface area contributed by atoms with Crippen molar-refractivity contribution in [2.75, 3.05) is 18.4 Å². The lowest BCUT2D eigenvalue weighted by atomic mass is 9.93. The van der Waals surface area contributed by atoms with E-state index in [1.807, 2.05) is 66.7 Å². The van der Waals surface area contributed by atoms with Gasteiger partial charge in [-0.3, -0.25) is 4.90 Å². The van der Waals surface area contributed by atoms with E-state index >= 15 is 0 Å². The van der Waals surface area contributed by atoms with Crippen LogP contribution in [0.5, 0.6) is 0 Å². The number of rotatable bonds is 13. The summed E-state index contributed by atoms with van der Waals surface area (Å²) in [7, 11) is 0. The lowest BCUT2D eigenvalue weighted by Gasteiger charge is -2.48. The number of ether oxygens (including phenoxy) is 3. The zero-order valence-corrected chi connectivity index (χ0v) is 25.0. The van der Waals surface area contributed by atoms with Crippen molar-refractivity contribution in [3.8, 4) is 0 Å². The first-order valence-corrected chi connectivity index (χ1v) is 15.4. The van der Waals surface area contributed by atoms with Crippen molar-refractivity contribution in [1.82, 2.24) is 4.90 Å². The summed E-state index contributed by atoms with van der Waals surface area (Å²) in [5.74, 6) is -1.66. The van der Waals surface area contributed by atoms with Crippen LogP contribution in [0.3, 0.4) is 0 Å². The maximum atomic E-state index is 14.0. The van der Waals surface area contributed by atoms with E-state index in [0.717, 1.165) is 22.3 Å². The highest BCUT2D eigenvalue weighted by atomic mass is 79.9. The highest BCUT2D eigenvalue weighted by Gasteiger charge is 2.45. The molecule has 5 rings (SSSR count). The normalized spacial score (nSPS) is 20.9.